The number of aromatic nitrogens is 1. The third-order valence-electron chi connectivity index (χ3n) is 11.5. The fraction of sp³-hybridized carbons (Fsp3) is 0. The highest BCUT2D eigenvalue weighted by Crippen LogP contribution is 2.42. The summed E-state index contributed by atoms with van der Waals surface area (Å²) >= 11 is 0. The van der Waals surface area contributed by atoms with Gasteiger partial charge < -0.3 is 9.47 Å². The lowest BCUT2D eigenvalue weighted by atomic mass is 9.96. The Morgan fingerprint density at radius 1 is 0.276 bits per heavy atom. The van der Waals surface area contributed by atoms with E-state index in [1.807, 2.05) is 0 Å². The van der Waals surface area contributed by atoms with Crippen LogP contribution in [-0.4, -0.2) is 4.57 Å². The van der Waals surface area contributed by atoms with E-state index in [9.17, 15) is 0 Å². The first-order valence-electron chi connectivity index (χ1n) is 19.9. The van der Waals surface area contributed by atoms with Crippen molar-refractivity contribution in [2.75, 3.05) is 4.90 Å². The molecule has 0 unspecified atom stereocenters. The molecule has 0 radical (unpaired) electrons. The van der Waals surface area contributed by atoms with E-state index in [0.29, 0.717) is 0 Å². The fourth-order valence-corrected chi connectivity index (χ4v) is 8.85. The second kappa shape index (κ2) is 14.1. The van der Waals surface area contributed by atoms with Crippen molar-refractivity contribution in [2.24, 2.45) is 0 Å². The standard InChI is InChI=1S/C56H38N2/c1-2-15-39(16-3-1)42-20-12-22-46(35-42)57(45-33-31-41(32-34-45)50-28-14-19-40-17-4-6-24-49(40)50)47-23-13-21-44(36-47)54-38-48(37-43-18-5-7-25-51(43)54)58-55-29-10-8-26-52(55)53-27-9-11-30-56(53)58/h1-38H. The number of hydrogen-bond acceptors (Lipinski definition) is 1. The first-order valence-corrected chi connectivity index (χ1v) is 19.9. The van der Waals surface area contributed by atoms with E-state index >= 15 is 0 Å². The molecule has 0 saturated carbocycles. The van der Waals surface area contributed by atoms with Gasteiger partial charge in [-0.15, -0.1) is 0 Å². The van der Waals surface area contributed by atoms with Gasteiger partial charge in [0.1, 0.15) is 0 Å². The molecule has 11 rings (SSSR count). The van der Waals surface area contributed by atoms with Crippen LogP contribution in [0.3, 0.4) is 0 Å². The topological polar surface area (TPSA) is 8.17 Å². The van der Waals surface area contributed by atoms with Gasteiger partial charge >= 0.3 is 0 Å². The molecule has 272 valence electrons. The maximum atomic E-state index is 2.42. The lowest BCUT2D eigenvalue weighted by Gasteiger charge is -2.27. The fourth-order valence-electron chi connectivity index (χ4n) is 8.85. The smallest absolute Gasteiger partial charge is 0.0541 e. The van der Waals surface area contributed by atoms with Crippen molar-refractivity contribution in [3.05, 3.63) is 231 Å². The molecule has 0 aliphatic rings. The van der Waals surface area contributed by atoms with Crippen molar-refractivity contribution >= 4 is 60.4 Å². The molecule has 58 heavy (non-hydrogen) atoms. The summed E-state index contributed by atoms with van der Waals surface area (Å²) in [5.74, 6) is 0. The van der Waals surface area contributed by atoms with E-state index < -0.39 is 0 Å². The Bertz CT molecular complexity index is 3220. The quantitative estimate of drug-likeness (QED) is 0.158. The van der Waals surface area contributed by atoms with E-state index in [1.54, 1.807) is 0 Å². The van der Waals surface area contributed by atoms with Gasteiger partial charge in [-0.25, -0.2) is 0 Å². The van der Waals surface area contributed by atoms with Crippen LogP contribution in [0.25, 0.3) is 82.4 Å². The molecule has 1 heterocycles. The van der Waals surface area contributed by atoms with Crippen LogP contribution in [0.5, 0.6) is 0 Å². The lowest BCUT2D eigenvalue weighted by Crippen LogP contribution is -2.10. The molecule has 0 amide bonds. The van der Waals surface area contributed by atoms with Gasteiger partial charge in [0, 0.05) is 33.5 Å². The molecule has 1 aromatic heterocycles. The normalized spacial score (nSPS) is 11.4. The molecule has 11 aromatic rings. The molecule has 0 aliphatic heterocycles. The molecule has 2 heteroatoms. The summed E-state index contributed by atoms with van der Waals surface area (Å²) in [6.07, 6.45) is 0. The Kier molecular flexibility index (Phi) is 8.19. The number of nitrogens with zero attached hydrogens (tertiary/aromatic N) is 2. The SMILES string of the molecule is c1ccc(-c2cccc(N(c3ccc(-c4cccc5ccccc45)cc3)c3cccc(-c4cc(-n5c6ccccc6c6ccccc65)cc5ccccc45)c3)c2)cc1. The van der Waals surface area contributed by atoms with Gasteiger partial charge in [-0.05, 0) is 116 Å². The number of para-hydroxylation sites is 2. The van der Waals surface area contributed by atoms with Crippen LogP contribution in [-0.2, 0) is 0 Å². The van der Waals surface area contributed by atoms with Gasteiger partial charge in [0.05, 0.1) is 11.0 Å². The molecular formula is C56H38N2. The first-order chi connectivity index (χ1) is 28.8. The van der Waals surface area contributed by atoms with Crippen LogP contribution < -0.4 is 4.90 Å². The Morgan fingerprint density at radius 2 is 0.793 bits per heavy atom. The average Bonchev–Trinajstić information content (AvgIpc) is 3.64. The van der Waals surface area contributed by atoms with Crippen LogP contribution >= 0.6 is 0 Å². The highest BCUT2D eigenvalue weighted by Gasteiger charge is 2.18. The van der Waals surface area contributed by atoms with Crippen molar-refractivity contribution in [2.45, 2.75) is 0 Å². The highest BCUT2D eigenvalue weighted by atomic mass is 15.1. The summed E-state index contributed by atoms with van der Waals surface area (Å²) in [6.45, 7) is 0. The van der Waals surface area contributed by atoms with Gasteiger partial charge in [-0.1, -0.05) is 170 Å². The molecular weight excluding hydrogens is 701 g/mol. The van der Waals surface area contributed by atoms with Crippen LogP contribution in [0.2, 0.25) is 0 Å². The molecule has 0 N–H and O–H groups in total. The zero-order valence-corrected chi connectivity index (χ0v) is 31.8. The zero-order chi connectivity index (χ0) is 38.4. The third-order valence-corrected chi connectivity index (χ3v) is 11.5. The third kappa shape index (κ3) is 5.82. The predicted molar refractivity (Wildman–Crippen MR) is 247 cm³/mol. The molecule has 0 bridgehead atoms. The average molecular weight is 739 g/mol. The molecule has 2 nitrogen and oxygen atoms in total. The van der Waals surface area contributed by atoms with E-state index in [0.717, 1.165) is 28.3 Å². The Hall–Kier alpha value is -7.68. The Morgan fingerprint density at radius 3 is 1.50 bits per heavy atom. The maximum absolute atomic E-state index is 2.42. The summed E-state index contributed by atoms with van der Waals surface area (Å²) in [4.78, 5) is 2.39. The second-order valence-electron chi connectivity index (χ2n) is 15.0. The van der Waals surface area contributed by atoms with Crippen LogP contribution in [0.15, 0.2) is 231 Å². The molecule has 0 aliphatic carbocycles. The van der Waals surface area contributed by atoms with E-state index in [1.165, 1.54) is 71.2 Å². The summed E-state index contributed by atoms with van der Waals surface area (Å²) < 4.78 is 2.42. The minimum Gasteiger partial charge on any atom is -0.310 e. The van der Waals surface area contributed by atoms with Crippen molar-refractivity contribution < 1.29 is 0 Å². The number of benzene rings is 10. The predicted octanol–water partition coefficient (Wildman–Crippen LogP) is 15.6. The summed E-state index contributed by atoms with van der Waals surface area (Å²) in [7, 11) is 0. The minimum absolute atomic E-state index is 1.09. The van der Waals surface area contributed by atoms with Gasteiger partial charge in [0.25, 0.3) is 0 Å². The largest absolute Gasteiger partial charge is 0.310 e. The van der Waals surface area contributed by atoms with Gasteiger partial charge in [-0.2, -0.15) is 0 Å². The molecule has 0 atom stereocenters. The number of rotatable bonds is 7. The summed E-state index contributed by atoms with van der Waals surface area (Å²) in [5, 5.41) is 7.45. The van der Waals surface area contributed by atoms with Crippen LogP contribution in [0.4, 0.5) is 17.1 Å². The minimum atomic E-state index is 1.09. The van der Waals surface area contributed by atoms with E-state index in [4.69, 9.17) is 0 Å². The van der Waals surface area contributed by atoms with Crippen molar-refractivity contribution in [1.29, 1.82) is 0 Å². The monoisotopic (exact) mass is 738 g/mol. The molecule has 0 spiro atoms. The van der Waals surface area contributed by atoms with Crippen molar-refractivity contribution in [3.63, 3.8) is 0 Å². The maximum Gasteiger partial charge on any atom is 0.0541 e. The van der Waals surface area contributed by atoms with Gasteiger partial charge in [0.2, 0.25) is 0 Å². The van der Waals surface area contributed by atoms with Crippen LogP contribution in [0.1, 0.15) is 0 Å². The summed E-state index contributed by atoms with van der Waals surface area (Å²) in [5.41, 5.74) is 14.0. The van der Waals surface area contributed by atoms with Gasteiger partial charge in [0.15, 0.2) is 0 Å². The molecule has 0 fully saturated rings. The van der Waals surface area contributed by atoms with Crippen molar-refractivity contribution in [1.82, 2.24) is 4.57 Å². The molecule has 10 aromatic carbocycles. The number of anilines is 3. The van der Waals surface area contributed by atoms with Crippen molar-refractivity contribution in [3.8, 4) is 39.1 Å². The van der Waals surface area contributed by atoms with E-state index in [-0.39, 0.29) is 0 Å². The second-order valence-corrected chi connectivity index (χ2v) is 15.0. The Labute approximate surface area is 338 Å². The highest BCUT2D eigenvalue weighted by molar-refractivity contribution is 6.10. The number of hydrogen-bond donors (Lipinski definition) is 0. The lowest BCUT2D eigenvalue weighted by molar-refractivity contribution is 1.19. The first kappa shape index (κ1) is 33.6. The Balaban J connectivity index is 1.08. The van der Waals surface area contributed by atoms with Gasteiger partial charge in [-0.3, -0.25) is 0 Å². The van der Waals surface area contributed by atoms with E-state index in [2.05, 4.69) is 240 Å². The number of fused-ring (bicyclic) bond motifs is 5. The summed E-state index contributed by atoms with van der Waals surface area (Å²) in [6, 6.07) is 83.7. The van der Waals surface area contributed by atoms with Crippen LogP contribution in [0, 0.1) is 0 Å². The molecule has 0 saturated heterocycles. The zero-order valence-electron chi connectivity index (χ0n) is 31.8.